The first-order valence-electron chi connectivity index (χ1n) is 7.30. The molecule has 1 aliphatic heterocycles. The van der Waals surface area contributed by atoms with E-state index in [1.165, 1.54) is 6.26 Å². The highest BCUT2D eigenvalue weighted by Gasteiger charge is 2.35. The number of carboxylic acid groups (broad SMARTS) is 1. The second-order valence-electron chi connectivity index (χ2n) is 5.21. The summed E-state index contributed by atoms with van der Waals surface area (Å²) in [5.74, 6) is -1.62. The molecule has 8 heteroatoms. The van der Waals surface area contributed by atoms with Gasteiger partial charge in [0.05, 0.1) is 18.2 Å². The van der Waals surface area contributed by atoms with Gasteiger partial charge in [0, 0.05) is 12.1 Å². The highest BCUT2D eigenvalue weighted by atomic mass is 16.4. The molecule has 0 bridgehead atoms. The fourth-order valence-corrected chi connectivity index (χ4v) is 2.43. The number of fused-ring (bicyclic) bond motifs is 1. The van der Waals surface area contributed by atoms with Crippen LogP contribution in [0.2, 0.25) is 0 Å². The molecule has 8 nitrogen and oxygen atoms in total. The summed E-state index contributed by atoms with van der Waals surface area (Å²) >= 11 is 0. The molecule has 3 N–H and O–H groups in total. The van der Waals surface area contributed by atoms with Crippen LogP contribution in [-0.4, -0.2) is 27.9 Å². The van der Waals surface area contributed by atoms with E-state index in [0.29, 0.717) is 17.0 Å². The molecular weight excluding hydrogens is 314 g/mol. The fraction of sp³-hybridized carbons (Fsp3) is 0.188. The van der Waals surface area contributed by atoms with Crippen molar-refractivity contribution in [3.63, 3.8) is 0 Å². The molecule has 0 spiro atoms. The number of carbonyl (C=O) groups is 3. The van der Waals surface area contributed by atoms with Crippen LogP contribution in [0.1, 0.15) is 35.1 Å². The van der Waals surface area contributed by atoms with E-state index >= 15 is 0 Å². The van der Waals surface area contributed by atoms with Crippen LogP contribution < -0.4 is 10.7 Å². The van der Waals surface area contributed by atoms with E-state index in [-0.39, 0.29) is 12.8 Å². The number of rotatable bonds is 5. The number of carbonyl (C=O) groups excluding carboxylic acids is 2. The van der Waals surface area contributed by atoms with Crippen LogP contribution in [0.5, 0.6) is 0 Å². The Kier molecular flexibility index (Phi) is 4.19. The van der Waals surface area contributed by atoms with E-state index in [0.717, 1.165) is 5.01 Å². The first-order chi connectivity index (χ1) is 11.6. The Morgan fingerprint density at radius 1 is 1.21 bits per heavy atom. The Labute approximate surface area is 137 Å². The van der Waals surface area contributed by atoms with Crippen LogP contribution in [0, 0.1) is 0 Å². The Bertz CT molecular complexity index is 772. The van der Waals surface area contributed by atoms with Crippen molar-refractivity contribution in [2.24, 2.45) is 0 Å². The zero-order valence-electron chi connectivity index (χ0n) is 12.6. The maximum atomic E-state index is 12.7. The molecular formula is C16H15N3O5. The topological polar surface area (TPSA) is 112 Å². The SMILES string of the molecule is O=C(O)CCC(=O)NN1C(=O)c2ccccc2NC1c1ccco1. The molecule has 3 rings (SSSR count). The lowest BCUT2D eigenvalue weighted by molar-refractivity contribution is -0.139. The summed E-state index contributed by atoms with van der Waals surface area (Å²) in [5.41, 5.74) is 3.49. The van der Waals surface area contributed by atoms with E-state index in [4.69, 9.17) is 9.52 Å². The fourth-order valence-electron chi connectivity index (χ4n) is 2.43. The largest absolute Gasteiger partial charge is 0.481 e. The minimum absolute atomic E-state index is 0.231. The Morgan fingerprint density at radius 2 is 2.00 bits per heavy atom. The van der Waals surface area contributed by atoms with Gasteiger partial charge in [-0.3, -0.25) is 19.8 Å². The monoisotopic (exact) mass is 329 g/mol. The average Bonchev–Trinajstić information content (AvgIpc) is 3.10. The van der Waals surface area contributed by atoms with Crippen LogP contribution in [0.25, 0.3) is 0 Å². The molecule has 2 aromatic rings. The van der Waals surface area contributed by atoms with Crippen LogP contribution in [0.4, 0.5) is 5.69 Å². The van der Waals surface area contributed by atoms with Gasteiger partial charge in [0.15, 0.2) is 6.17 Å². The normalized spacial score (nSPS) is 16.2. The third-order valence-corrected chi connectivity index (χ3v) is 3.55. The minimum atomic E-state index is -1.08. The molecule has 0 radical (unpaired) electrons. The Balaban J connectivity index is 1.87. The standard InChI is InChI=1S/C16H15N3O5/c20-13(7-8-14(21)22)18-19-15(12-6-3-9-24-12)17-11-5-2-1-4-10(11)16(19)23/h1-6,9,15,17H,7-8H2,(H,18,20)(H,21,22). The van der Waals surface area contributed by atoms with E-state index in [1.54, 1.807) is 36.4 Å². The molecule has 1 aliphatic rings. The van der Waals surface area contributed by atoms with Gasteiger partial charge >= 0.3 is 5.97 Å². The first-order valence-corrected chi connectivity index (χ1v) is 7.30. The maximum Gasteiger partial charge on any atom is 0.303 e. The highest BCUT2D eigenvalue weighted by Crippen LogP contribution is 2.31. The minimum Gasteiger partial charge on any atom is -0.481 e. The van der Waals surface area contributed by atoms with E-state index in [2.05, 4.69) is 10.7 Å². The van der Waals surface area contributed by atoms with Crippen molar-refractivity contribution in [1.29, 1.82) is 0 Å². The van der Waals surface area contributed by atoms with Crippen molar-refractivity contribution in [1.82, 2.24) is 10.4 Å². The number of carboxylic acids is 1. The van der Waals surface area contributed by atoms with Gasteiger partial charge < -0.3 is 14.8 Å². The number of hydrazine groups is 1. The highest BCUT2D eigenvalue weighted by molar-refractivity contribution is 6.02. The molecule has 1 atom stereocenters. The summed E-state index contributed by atoms with van der Waals surface area (Å²) in [6.45, 7) is 0. The number of para-hydroxylation sites is 1. The number of hydrogen-bond donors (Lipinski definition) is 3. The number of nitrogens with zero attached hydrogens (tertiary/aromatic N) is 1. The molecule has 0 fully saturated rings. The zero-order chi connectivity index (χ0) is 17.1. The summed E-state index contributed by atoms with van der Waals surface area (Å²) in [6.07, 6.45) is 0.192. The Hall–Kier alpha value is -3.29. The number of benzene rings is 1. The molecule has 1 unspecified atom stereocenters. The second-order valence-corrected chi connectivity index (χ2v) is 5.21. The molecule has 24 heavy (non-hydrogen) atoms. The smallest absolute Gasteiger partial charge is 0.303 e. The number of aliphatic carboxylic acids is 1. The number of furan rings is 1. The number of hydrogen-bond acceptors (Lipinski definition) is 5. The summed E-state index contributed by atoms with van der Waals surface area (Å²) in [5, 5.41) is 12.9. The van der Waals surface area contributed by atoms with Crippen molar-refractivity contribution in [2.45, 2.75) is 19.0 Å². The van der Waals surface area contributed by atoms with Crippen molar-refractivity contribution >= 4 is 23.5 Å². The summed E-state index contributed by atoms with van der Waals surface area (Å²) in [6, 6.07) is 10.3. The van der Waals surface area contributed by atoms with Crippen LogP contribution in [-0.2, 0) is 9.59 Å². The molecule has 0 saturated heterocycles. The number of amides is 2. The lowest BCUT2D eigenvalue weighted by atomic mass is 10.1. The molecule has 2 amide bonds. The molecule has 1 aromatic carbocycles. The second kappa shape index (κ2) is 6.45. The average molecular weight is 329 g/mol. The van der Waals surface area contributed by atoms with Gasteiger partial charge in [0.1, 0.15) is 5.76 Å². The van der Waals surface area contributed by atoms with Crippen molar-refractivity contribution < 1.29 is 23.9 Å². The molecule has 0 saturated carbocycles. The van der Waals surface area contributed by atoms with Gasteiger partial charge in [-0.15, -0.1) is 0 Å². The van der Waals surface area contributed by atoms with Gasteiger partial charge in [-0.2, -0.15) is 0 Å². The number of anilines is 1. The maximum absolute atomic E-state index is 12.7. The summed E-state index contributed by atoms with van der Waals surface area (Å²) < 4.78 is 5.34. The van der Waals surface area contributed by atoms with E-state index < -0.39 is 23.9 Å². The van der Waals surface area contributed by atoms with Crippen LogP contribution >= 0.6 is 0 Å². The molecule has 2 heterocycles. The lowest BCUT2D eigenvalue weighted by Gasteiger charge is -2.36. The van der Waals surface area contributed by atoms with Crippen molar-refractivity contribution in [3.05, 3.63) is 54.0 Å². The first kappa shape index (κ1) is 15.6. The Morgan fingerprint density at radius 3 is 2.71 bits per heavy atom. The summed E-state index contributed by atoms with van der Waals surface area (Å²) in [4.78, 5) is 35.3. The van der Waals surface area contributed by atoms with Gasteiger partial charge in [0.25, 0.3) is 5.91 Å². The molecule has 0 aliphatic carbocycles. The van der Waals surface area contributed by atoms with Crippen LogP contribution in [0.3, 0.4) is 0 Å². The van der Waals surface area contributed by atoms with E-state index in [9.17, 15) is 14.4 Å². The molecule has 124 valence electrons. The van der Waals surface area contributed by atoms with Crippen LogP contribution in [0.15, 0.2) is 47.1 Å². The van der Waals surface area contributed by atoms with Crippen molar-refractivity contribution in [2.75, 3.05) is 5.32 Å². The predicted molar refractivity (Wildman–Crippen MR) is 82.7 cm³/mol. The predicted octanol–water partition coefficient (Wildman–Crippen LogP) is 1.74. The molecule has 1 aromatic heterocycles. The third-order valence-electron chi connectivity index (χ3n) is 3.55. The van der Waals surface area contributed by atoms with Gasteiger partial charge in [-0.05, 0) is 24.3 Å². The van der Waals surface area contributed by atoms with Gasteiger partial charge in [-0.25, -0.2) is 5.01 Å². The summed E-state index contributed by atoms with van der Waals surface area (Å²) in [7, 11) is 0. The van der Waals surface area contributed by atoms with Crippen molar-refractivity contribution in [3.8, 4) is 0 Å². The van der Waals surface area contributed by atoms with Gasteiger partial charge in [-0.1, -0.05) is 12.1 Å². The zero-order valence-corrected chi connectivity index (χ0v) is 12.6. The third kappa shape index (κ3) is 3.07. The number of nitrogens with one attached hydrogen (secondary N) is 2. The van der Waals surface area contributed by atoms with Gasteiger partial charge in [0.2, 0.25) is 5.91 Å². The quantitative estimate of drug-likeness (QED) is 0.770. The van der Waals surface area contributed by atoms with E-state index in [1.807, 2.05) is 0 Å². The lowest BCUT2D eigenvalue weighted by Crippen LogP contribution is -2.52.